The van der Waals surface area contributed by atoms with Crippen LogP contribution in [0.2, 0.25) is 0 Å². The zero-order valence-corrected chi connectivity index (χ0v) is 9.83. The fraction of sp³-hybridized carbons (Fsp3) is 0.429. The van der Waals surface area contributed by atoms with Gasteiger partial charge in [0.15, 0.2) is 0 Å². The monoisotopic (exact) mass is 219 g/mol. The number of benzene rings is 1. The van der Waals surface area contributed by atoms with Crippen LogP contribution in [0.3, 0.4) is 0 Å². The third kappa shape index (κ3) is 2.17. The molecule has 0 spiro atoms. The fourth-order valence-corrected chi connectivity index (χ4v) is 1.99. The summed E-state index contributed by atoms with van der Waals surface area (Å²) in [5.41, 5.74) is 7.14. The summed E-state index contributed by atoms with van der Waals surface area (Å²) < 4.78 is 12.7. The number of hydrogen-bond donors (Lipinski definition) is 1. The molecule has 0 amide bonds. The highest BCUT2D eigenvalue weighted by atomic mass is 19.1. The molecule has 0 aromatic heterocycles. The smallest absolute Gasteiger partial charge is 0.123 e. The van der Waals surface area contributed by atoms with Crippen LogP contribution in [0.1, 0.15) is 32.3 Å². The molecular formula is C14H18FN. The molecule has 16 heavy (non-hydrogen) atoms. The average molecular weight is 219 g/mol. The zero-order chi connectivity index (χ0) is 11.8. The van der Waals surface area contributed by atoms with E-state index in [1.165, 1.54) is 12.1 Å². The second-order valence-electron chi connectivity index (χ2n) is 5.26. The van der Waals surface area contributed by atoms with Gasteiger partial charge in [0.1, 0.15) is 5.82 Å². The quantitative estimate of drug-likeness (QED) is 0.828. The molecule has 0 atom stereocenters. The molecule has 1 fully saturated rings. The lowest BCUT2D eigenvalue weighted by Gasteiger charge is -2.27. The molecule has 2 rings (SSSR count). The van der Waals surface area contributed by atoms with Gasteiger partial charge in [-0.05, 0) is 44.4 Å². The van der Waals surface area contributed by atoms with Crippen molar-refractivity contribution in [3.63, 3.8) is 0 Å². The Balaban J connectivity index is 2.13. The number of rotatable bonds is 3. The molecule has 1 saturated carbocycles. The number of halogens is 1. The summed E-state index contributed by atoms with van der Waals surface area (Å²) in [6.45, 7) is 4.13. The van der Waals surface area contributed by atoms with Gasteiger partial charge in [0.2, 0.25) is 0 Å². The maximum atomic E-state index is 12.7. The normalized spacial score (nSPS) is 19.0. The van der Waals surface area contributed by atoms with Crippen molar-refractivity contribution in [2.45, 2.75) is 32.2 Å². The summed E-state index contributed by atoms with van der Waals surface area (Å²) >= 11 is 0. The van der Waals surface area contributed by atoms with Gasteiger partial charge in [-0.1, -0.05) is 24.3 Å². The van der Waals surface area contributed by atoms with Crippen LogP contribution in [-0.4, -0.2) is 5.54 Å². The van der Waals surface area contributed by atoms with Crippen LogP contribution in [0, 0.1) is 11.2 Å². The first-order chi connectivity index (χ1) is 7.43. The van der Waals surface area contributed by atoms with E-state index < -0.39 is 0 Å². The molecule has 2 N–H and O–H groups in total. The molecule has 0 bridgehead atoms. The average Bonchev–Trinajstić information content (AvgIpc) is 2.97. The highest BCUT2D eigenvalue weighted by molar-refractivity contribution is 5.51. The molecule has 0 unspecified atom stereocenters. The van der Waals surface area contributed by atoms with Crippen LogP contribution in [0.5, 0.6) is 0 Å². The summed E-state index contributed by atoms with van der Waals surface area (Å²) in [7, 11) is 0. The van der Waals surface area contributed by atoms with Gasteiger partial charge >= 0.3 is 0 Å². The first-order valence-corrected chi connectivity index (χ1v) is 5.67. The van der Waals surface area contributed by atoms with Gasteiger partial charge in [0.25, 0.3) is 0 Å². The van der Waals surface area contributed by atoms with Crippen LogP contribution in [0.15, 0.2) is 30.3 Å². The summed E-state index contributed by atoms with van der Waals surface area (Å²) in [4.78, 5) is 0. The summed E-state index contributed by atoms with van der Waals surface area (Å²) in [5.74, 6) is -0.197. The molecule has 1 aliphatic carbocycles. The van der Waals surface area contributed by atoms with Gasteiger partial charge in [-0.2, -0.15) is 0 Å². The van der Waals surface area contributed by atoms with E-state index in [0.29, 0.717) is 0 Å². The summed E-state index contributed by atoms with van der Waals surface area (Å²) in [6, 6.07) is 6.52. The maximum absolute atomic E-state index is 12.7. The number of hydrogen-bond acceptors (Lipinski definition) is 1. The Labute approximate surface area is 96.2 Å². The predicted molar refractivity (Wildman–Crippen MR) is 65.4 cm³/mol. The largest absolute Gasteiger partial charge is 0.325 e. The van der Waals surface area contributed by atoms with Crippen molar-refractivity contribution in [2.24, 2.45) is 11.1 Å². The van der Waals surface area contributed by atoms with Crippen LogP contribution >= 0.6 is 0 Å². The Kier molecular flexibility index (Phi) is 2.62. The summed E-state index contributed by atoms with van der Waals surface area (Å²) in [6.07, 6.45) is 6.52. The van der Waals surface area contributed by atoms with Gasteiger partial charge < -0.3 is 5.73 Å². The van der Waals surface area contributed by atoms with Crippen molar-refractivity contribution in [3.8, 4) is 0 Å². The molecule has 1 aromatic carbocycles. The molecule has 0 aliphatic heterocycles. The van der Waals surface area contributed by atoms with E-state index in [0.717, 1.165) is 18.4 Å². The van der Waals surface area contributed by atoms with Crippen molar-refractivity contribution in [3.05, 3.63) is 41.7 Å². The van der Waals surface area contributed by atoms with Crippen LogP contribution < -0.4 is 5.73 Å². The van der Waals surface area contributed by atoms with E-state index in [4.69, 9.17) is 5.73 Å². The van der Waals surface area contributed by atoms with Gasteiger partial charge in [-0.3, -0.25) is 0 Å². The third-order valence-electron chi connectivity index (χ3n) is 3.54. The summed E-state index contributed by atoms with van der Waals surface area (Å²) in [5, 5.41) is 0. The Hall–Kier alpha value is -1.15. The minimum atomic E-state index is -0.197. The molecule has 0 radical (unpaired) electrons. The molecule has 1 nitrogen and oxygen atoms in total. The first kappa shape index (κ1) is 11.3. The second-order valence-corrected chi connectivity index (χ2v) is 5.26. The fourth-order valence-electron chi connectivity index (χ4n) is 1.99. The number of nitrogens with two attached hydrogens (primary N) is 1. The Morgan fingerprint density at radius 1 is 1.25 bits per heavy atom. The minimum absolute atomic E-state index is 0.140. The van der Waals surface area contributed by atoms with Crippen LogP contribution in [0.4, 0.5) is 4.39 Å². The zero-order valence-electron chi connectivity index (χ0n) is 9.83. The Morgan fingerprint density at radius 2 is 1.81 bits per heavy atom. The van der Waals surface area contributed by atoms with Crippen LogP contribution in [-0.2, 0) is 0 Å². The van der Waals surface area contributed by atoms with Crippen molar-refractivity contribution in [2.75, 3.05) is 0 Å². The van der Waals surface area contributed by atoms with Crippen LogP contribution in [0.25, 0.3) is 6.08 Å². The third-order valence-corrected chi connectivity index (χ3v) is 3.54. The predicted octanol–water partition coefficient (Wildman–Crippen LogP) is 3.36. The lowest BCUT2D eigenvalue weighted by Crippen LogP contribution is -2.41. The van der Waals surface area contributed by atoms with Gasteiger partial charge in [0, 0.05) is 11.0 Å². The van der Waals surface area contributed by atoms with Crippen molar-refractivity contribution < 1.29 is 4.39 Å². The van der Waals surface area contributed by atoms with Crippen molar-refractivity contribution in [1.82, 2.24) is 0 Å². The van der Waals surface area contributed by atoms with Gasteiger partial charge in [-0.25, -0.2) is 4.39 Å². The molecule has 2 heteroatoms. The molecule has 1 aliphatic rings. The lowest BCUT2D eigenvalue weighted by molar-refractivity contribution is 0.364. The molecular weight excluding hydrogens is 201 g/mol. The van der Waals surface area contributed by atoms with E-state index in [1.807, 2.05) is 6.08 Å². The van der Waals surface area contributed by atoms with Crippen molar-refractivity contribution >= 4 is 6.08 Å². The van der Waals surface area contributed by atoms with E-state index in [-0.39, 0.29) is 16.8 Å². The van der Waals surface area contributed by atoms with E-state index in [9.17, 15) is 4.39 Å². The maximum Gasteiger partial charge on any atom is 0.123 e. The highest BCUT2D eigenvalue weighted by Crippen LogP contribution is 2.54. The lowest BCUT2D eigenvalue weighted by atomic mass is 9.84. The SMILES string of the molecule is CC(C)(N)C1(/C=C/c2ccc(F)cc2)CC1. The Bertz CT molecular complexity index is 394. The van der Waals surface area contributed by atoms with E-state index in [1.54, 1.807) is 12.1 Å². The van der Waals surface area contributed by atoms with E-state index >= 15 is 0 Å². The van der Waals surface area contributed by atoms with Crippen molar-refractivity contribution in [1.29, 1.82) is 0 Å². The van der Waals surface area contributed by atoms with Gasteiger partial charge in [-0.15, -0.1) is 0 Å². The first-order valence-electron chi connectivity index (χ1n) is 5.67. The van der Waals surface area contributed by atoms with E-state index in [2.05, 4.69) is 19.9 Å². The molecule has 0 heterocycles. The molecule has 0 saturated heterocycles. The molecule has 1 aromatic rings. The Morgan fingerprint density at radius 3 is 2.25 bits per heavy atom. The molecule has 86 valence electrons. The van der Waals surface area contributed by atoms with Gasteiger partial charge in [0.05, 0.1) is 0 Å². The standard InChI is InChI=1S/C14H18FN/c1-13(2,16)14(9-10-14)8-7-11-3-5-12(15)6-4-11/h3-8H,9-10,16H2,1-2H3/b8-7+. The topological polar surface area (TPSA) is 26.0 Å². The second kappa shape index (κ2) is 3.70. The minimum Gasteiger partial charge on any atom is -0.325 e. The highest BCUT2D eigenvalue weighted by Gasteiger charge is 2.50.